The van der Waals surface area contributed by atoms with Crippen molar-refractivity contribution < 1.29 is 0 Å². The Labute approximate surface area is 110 Å². The third-order valence-corrected chi connectivity index (χ3v) is 3.82. The number of nitrogens with two attached hydrogens (primary N) is 1. The monoisotopic (exact) mass is 245 g/mol. The van der Waals surface area contributed by atoms with Gasteiger partial charge in [-0.05, 0) is 45.7 Å². The zero-order valence-electron chi connectivity index (χ0n) is 12.0. The molecular weight excluding hydrogens is 222 g/mol. The van der Waals surface area contributed by atoms with Gasteiger partial charge in [0, 0.05) is 6.04 Å². The molecular formula is C15H23N3. The van der Waals surface area contributed by atoms with Gasteiger partial charge in [0.2, 0.25) is 0 Å². The Kier molecular flexibility index (Phi) is 3.09. The van der Waals surface area contributed by atoms with Crippen molar-refractivity contribution in [3.63, 3.8) is 0 Å². The van der Waals surface area contributed by atoms with Crippen LogP contribution in [0.25, 0.3) is 0 Å². The lowest BCUT2D eigenvalue weighted by Gasteiger charge is -2.40. The standard InChI is InChI=1S/C15H23N3/c1-10(2)18-14(16)17-9-15(18,5)13-8-11(3)6-7-12(13)4/h6-8,10H,9H2,1-5H3,(H2,16,17). The summed E-state index contributed by atoms with van der Waals surface area (Å²) in [6.45, 7) is 11.6. The molecule has 0 bridgehead atoms. The second kappa shape index (κ2) is 4.30. The Morgan fingerprint density at radius 3 is 2.61 bits per heavy atom. The third kappa shape index (κ3) is 1.88. The Balaban J connectivity index is 2.52. The average molecular weight is 245 g/mol. The van der Waals surface area contributed by atoms with E-state index in [2.05, 4.69) is 62.7 Å². The number of nitrogens with zero attached hydrogens (tertiary/aromatic N) is 2. The Morgan fingerprint density at radius 2 is 2.00 bits per heavy atom. The molecule has 1 aromatic carbocycles. The fraction of sp³-hybridized carbons (Fsp3) is 0.533. The van der Waals surface area contributed by atoms with Gasteiger partial charge in [-0.25, -0.2) is 0 Å². The highest BCUT2D eigenvalue weighted by Gasteiger charge is 2.41. The van der Waals surface area contributed by atoms with Crippen LogP contribution in [0.4, 0.5) is 0 Å². The van der Waals surface area contributed by atoms with E-state index in [0.29, 0.717) is 12.0 Å². The summed E-state index contributed by atoms with van der Waals surface area (Å²) < 4.78 is 0. The van der Waals surface area contributed by atoms with Crippen molar-refractivity contribution in [2.75, 3.05) is 6.54 Å². The summed E-state index contributed by atoms with van der Waals surface area (Å²) in [7, 11) is 0. The van der Waals surface area contributed by atoms with Crippen LogP contribution in [0, 0.1) is 13.8 Å². The van der Waals surface area contributed by atoms with Gasteiger partial charge in [-0.1, -0.05) is 23.8 Å². The molecule has 2 N–H and O–H groups in total. The van der Waals surface area contributed by atoms with E-state index in [1.807, 2.05) is 0 Å². The van der Waals surface area contributed by atoms with Crippen LogP contribution in [0.2, 0.25) is 0 Å². The molecule has 18 heavy (non-hydrogen) atoms. The summed E-state index contributed by atoms with van der Waals surface area (Å²) in [5, 5.41) is 0. The molecule has 3 heteroatoms. The average Bonchev–Trinajstić information content (AvgIpc) is 2.59. The molecule has 2 rings (SSSR count). The fourth-order valence-electron chi connectivity index (χ4n) is 3.01. The normalized spacial score (nSPS) is 23.7. The molecule has 0 aliphatic carbocycles. The van der Waals surface area contributed by atoms with E-state index >= 15 is 0 Å². The summed E-state index contributed by atoms with van der Waals surface area (Å²) >= 11 is 0. The van der Waals surface area contributed by atoms with Gasteiger partial charge in [0.15, 0.2) is 5.96 Å². The Hall–Kier alpha value is -1.51. The highest BCUT2D eigenvalue weighted by Crippen LogP contribution is 2.36. The molecule has 1 aliphatic heterocycles. The smallest absolute Gasteiger partial charge is 0.192 e. The largest absolute Gasteiger partial charge is 0.370 e. The SMILES string of the molecule is Cc1ccc(C)c(C2(C)CN=C(N)N2C(C)C)c1. The third-order valence-electron chi connectivity index (χ3n) is 3.82. The number of rotatable bonds is 2. The number of benzene rings is 1. The molecule has 0 saturated heterocycles. The van der Waals surface area contributed by atoms with Crippen molar-refractivity contribution in [3.05, 3.63) is 34.9 Å². The number of aryl methyl sites for hydroxylation is 2. The maximum Gasteiger partial charge on any atom is 0.192 e. The first-order valence-corrected chi connectivity index (χ1v) is 6.53. The Morgan fingerprint density at radius 1 is 1.33 bits per heavy atom. The molecule has 0 spiro atoms. The molecule has 1 atom stereocenters. The number of hydrogen-bond acceptors (Lipinski definition) is 3. The van der Waals surface area contributed by atoms with Gasteiger partial charge in [-0.3, -0.25) is 4.99 Å². The van der Waals surface area contributed by atoms with Gasteiger partial charge < -0.3 is 10.6 Å². The molecule has 0 aromatic heterocycles. The number of hydrogen-bond donors (Lipinski definition) is 1. The van der Waals surface area contributed by atoms with Crippen LogP contribution in [0.5, 0.6) is 0 Å². The maximum absolute atomic E-state index is 6.06. The topological polar surface area (TPSA) is 41.6 Å². The van der Waals surface area contributed by atoms with Crippen molar-refractivity contribution in [3.8, 4) is 0 Å². The Bertz CT molecular complexity index is 491. The van der Waals surface area contributed by atoms with Crippen LogP contribution in [0.15, 0.2) is 23.2 Å². The molecule has 1 heterocycles. The van der Waals surface area contributed by atoms with E-state index in [9.17, 15) is 0 Å². The van der Waals surface area contributed by atoms with Gasteiger partial charge in [-0.2, -0.15) is 0 Å². The molecule has 1 unspecified atom stereocenters. The van der Waals surface area contributed by atoms with Crippen molar-refractivity contribution in [1.82, 2.24) is 4.90 Å². The lowest BCUT2D eigenvalue weighted by atomic mass is 9.86. The quantitative estimate of drug-likeness (QED) is 0.870. The van der Waals surface area contributed by atoms with Crippen LogP contribution in [0.3, 0.4) is 0 Å². The first-order chi connectivity index (χ1) is 8.36. The molecule has 1 aliphatic rings. The van der Waals surface area contributed by atoms with Crippen LogP contribution in [-0.4, -0.2) is 23.4 Å². The minimum Gasteiger partial charge on any atom is -0.370 e. The minimum atomic E-state index is -0.117. The van der Waals surface area contributed by atoms with E-state index in [4.69, 9.17) is 5.73 Å². The molecule has 98 valence electrons. The number of aliphatic imine (C=N–C) groups is 1. The predicted octanol–water partition coefficient (Wildman–Crippen LogP) is 2.56. The molecule has 1 aromatic rings. The zero-order valence-corrected chi connectivity index (χ0v) is 12.0. The lowest BCUT2D eigenvalue weighted by molar-refractivity contribution is 0.184. The molecule has 3 nitrogen and oxygen atoms in total. The van der Waals surface area contributed by atoms with Crippen molar-refractivity contribution in [2.24, 2.45) is 10.7 Å². The zero-order chi connectivity index (χ0) is 13.5. The van der Waals surface area contributed by atoms with E-state index < -0.39 is 0 Å². The van der Waals surface area contributed by atoms with Gasteiger partial charge >= 0.3 is 0 Å². The minimum absolute atomic E-state index is 0.117. The second-order valence-corrected chi connectivity index (χ2v) is 5.73. The van der Waals surface area contributed by atoms with Crippen LogP contribution in [-0.2, 0) is 5.54 Å². The second-order valence-electron chi connectivity index (χ2n) is 5.73. The van der Waals surface area contributed by atoms with Crippen molar-refractivity contribution in [2.45, 2.75) is 46.2 Å². The molecule has 0 saturated carbocycles. The van der Waals surface area contributed by atoms with Crippen LogP contribution >= 0.6 is 0 Å². The molecule has 0 radical (unpaired) electrons. The summed E-state index contributed by atoms with van der Waals surface area (Å²) in [4.78, 5) is 6.69. The van der Waals surface area contributed by atoms with Crippen molar-refractivity contribution in [1.29, 1.82) is 0 Å². The van der Waals surface area contributed by atoms with Gasteiger partial charge in [0.1, 0.15) is 0 Å². The highest BCUT2D eigenvalue weighted by atomic mass is 15.4. The summed E-state index contributed by atoms with van der Waals surface area (Å²) in [6, 6.07) is 6.95. The lowest BCUT2D eigenvalue weighted by Crippen LogP contribution is -2.51. The van der Waals surface area contributed by atoms with Gasteiger partial charge in [-0.15, -0.1) is 0 Å². The summed E-state index contributed by atoms with van der Waals surface area (Å²) in [6.07, 6.45) is 0. The molecule has 0 amide bonds. The van der Waals surface area contributed by atoms with Gasteiger partial charge in [0.25, 0.3) is 0 Å². The van der Waals surface area contributed by atoms with Crippen molar-refractivity contribution >= 4 is 5.96 Å². The van der Waals surface area contributed by atoms with E-state index in [-0.39, 0.29) is 5.54 Å². The van der Waals surface area contributed by atoms with E-state index in [1.54, 1.807) is 0 Å². The van der Waals surface area contributed by atoms with E-state index in [0.717, 1.165) is 6.54 Å². The first kappa shape index (κ1) is 12.9. The summed E-state index contributed by atoms with van der Waals surface area (Å²) in [5.74, 6) is 0.661. The highest BCUT2D eigenvalue weighted by molar-refractivity contribution is 5.81. The van der Waals surface area contributed by atoms with Crippen LogP contribution < -0.4 is 5.73 Å². The maximum atomic E-state index is 6.06. The first-order valence-electron chi connectivity index (χ1n) is 6.53. The van der Waals surface area contributed by atoms with Gasteiger partial charge in [0.05, 0.1) is 12.1 Å². The number of guanidine groups is 1. The predicted molar refractivity (Wildman–Crippen MR) is 76.7 cm³/mol. The van der Waals surface area contributed by atoms with E-state index in [1.165, 1.54) is 16.7 Å². The molecule has 0 fully saturated rings. The fourth-order valence-corrected chi connectivity index (χ4v) is 3.01. The van der Waals surface area contributed by atoms with Crippen LogP contribution in [0.1, 0.15) is 37.5 Å². The summed E-state index contributed by atoms with van der Waals surface area (Å²) in [5.41, 5.74) is 9.86.